The van der Waals surface area contributed by atoms with Crippen molar-refractivity contribution in [2.75, 3.05) is 6.61 Å². The van der Waals surface area contributed by atoms with Crippen molar-refractivity contribution in [2.24, 2.45) is 52.3 Å². The van der Waals surface area contributed by atoms with E-state index in [1.165, 1.54) is 32.1 Å². The van der Waals surface area contributed by atoms with Crippen molar-refractivity contribution in [2.45, 2.75) is 110 Å². The van der Waals surface area contributed by atoms with Crippen LogP contribution in [0.3, 0.4) is 0 Å². The SMILES string of the molecule is C[C@H]1CC[C@]2(OC1)OC1C(O)[C@@H]3[C@H]4CC[C@@H]5CC[C@@H](O)C[C@@]5(C)C4CC[C@@]3(C)[C@@H]1[C@@H]2C. The van der Waals surface area contributed by atoms with Crippen molar-refractivity contribution in [1.82, 2.24) is 0 Å². The van der Waals surface area contributed by atoms with Crippen LogP contribution in [0.5, 0.6) is 0 Å². The first-order chi connectivity index (χ1) is 14.7. The predicted octanol–water partition coefficient (Wildman–Crippen LogP) is 4.76. The largest absolute Gasteiger partial charge is 0.393 e. The second-order valence-corrected chi connectivity index (χ2v) is 13.2. The maximum absolute atomic E-state index is 11.8. The molecule has 6 rings (SSSR count). The van der Waals surface area contributed by atoms with Gasteiger partial charge in [-0.2, -0.15) is 0 Å². The number of ether oxygens (including phenoxy) is 2. The molecule has 3 unspecified atom stereocenters. The number of hydrogen-bond donors (Lipinski definition) is 2. The maximum atomic E-state index is 11.8. The highest BCUT2D eigenvalue weighted by atomic mass is 16.7. The highest BCUT2D eigenvalue weighted by Crippen LogP contribution is 2.71. The molecule has 0 aromatic carbocycles. The molecule has 0 amide bonds. The zero-order valence-corrected chi connectivity index (χ0v) is 20.1. The van der Waals surface area contributed by atoms with E-state index in [2.05, 4.69) is 27.7 Å². The number of aliphatic hydroxyl groups is 2. The van der Waals surface area contributed by atoms with Crippen LogP contribution < -0.4 is 0 Å². The molecule has 6 aliphatic rings. The fourth-order valence-corrected chi connectivity index (χ4v) is 10.4. The molecule has 31 heavy (non-hydrogen) atoms. The number of hydrogen-bond acceptors (Lipinski definition) is 4. The molecule has 0 bridgehead atoms. The Morgan fingerprint density at radius 1 is 0.839 bits per heavy atom. The summed E-state index contributed by atoms with van der Waals surface area (Å²) in [5.74, 6) is 3.18. The molecule has 2 saturated heterocycles. The van der Waals surface area contributed by atoms with Crippen LogP contribution in [-0.2, 0) is 9.47 Å². The van der Waals surface area contributed by atoms with Crippen molar-refractivity contribution in [3.63, 3.8) is 0 Å². The van der Waals surface area contributed by atoms with Gasteiger partial charge in [-0.05, 0) is 91.8 Å². The van der Waals surface area contributed by atoms with E-state index in [4.69, 9.17) is 9.47 Å². The van der Waals surface area contributed by atoms with Gasteiger partial charge in [0.05, 0.1) is 24.9 Å². The Kier molecular flexibility index (Phi) is 4.78. The Hall–Kier alpha value is -0.160. The van der Waals surface area contributed by atoms with Crippen LogP contribution in [0, 0.1) is 52.3 Å². The van der Waals surface area contributed by atoms with Crippen molar-refractivity contribution < 1.29 is 19.7 Å². The van der Waals surface area contributed by atoms with Crippen LogP contribution in [0.4, 0.5) is 0 Å². The predicted molar refractivity (Wildman–Crippen MR) is 119 cm³/mol. The minimum Gasteiger partial charge on any atom is -0.393 e. The molecule has 4 saturated carbocycles. The molecule has 0 aromatic heterocycles. The lowest BCUT2D eigenvalue weighted by Gasteiger charge is -2.61. The van der Waals surface area contributed by atoms with E-state index in [1.54, 1.807) is 0 Å². The fraction of sp³-hybridized carbons (Fsp3) is 1.00. The Bertz CT molecular complexity index is 716. The average Bonchev–Trinajstić information content (AvgIpc) is 3.13. The van der Waals surface area contributed by atoms with Crippen molar-refractivity contribution in [1.29, 1.82) is 0 Å². The first kappa shape index (κ1) is 21.4. The molecule has 4 heteroatoms. The van der Waals surface area contributed by atoms with Crippen molar-refractivity contribution in [3.8, 4) is 0 Å². The zero-order valence-electron chi connectivity index (χ0n) is 20.1. The van der Waals surface area contributed by atoms with Crippen molar-refractivity contribution in [3.05, 3.63) is 0 Å². The molecule has 2 N–H and O–H groups in total. The lowest BCUT2D eigenvalue weighted by molar-refractivity contribution is -0.282. The molecule has 1 spiro atoms. The van der Waals surface area contributed by atoms with E-state index < -0.39 is 5.79 Å². The second kappa shape index (κ2) is 6.93. The van der Waals surface area contributed by atoms with Gasteiger partial charge in [-0.15, -0.1) is 0 Å². The molecule has 4 nitrogen and oxygen atoms in total. The molecule has 2 aliphatic heterocycles. The third kappa shape index (κ3) is 2.74. The minimum absolute atomic E-state index is 0.0698. The van der Waals surface area contributed by atoms with Gasteiger partial charge in [0.1, 0.15) is 0 Å². The molecular formula is C27H44O4. The van der Waals surface area contributed by atoms with Crippen LogP contribution >= 0.6 is 0 Å². The topological polar surface area (TPSA) is 58.9 Å². The van der Waals surface area contributed by atoms with E-state index in [0.29, 0.717) is 35.5 Å². The van der Waals surface area contributed by atoms with Gasteiger partial charge in [-0.3, -0.25) is 0 Å². The standard InChI is InChI=1S/C27H44O4/c1-15-9-12-27(30-14-15)16(2)21-24(31-27)23(29)22-19-8-6-17-5-7-18(28)13-26(17,4)20(19)10-11-25(21,22)3/h15-24,28-29H,5-14H2,1-4H3/t15-,16-,17-,18+,19-,20?,21+,22-,23?,24?,25-,26+,27-/m0/s1. The van der Waals surface area contributed by atoms with E-state index in [0.717, 1.165) is 38.2 Å². The third-order valence-corrected chi connectivity index (χ3v) is 11.9. The first-order valence-electron chi connectivity index (χ1n) is 13.4. The molecular weight excluding hydrogens is 388 g/mol. The van der Waals surface area contributed by atoms with Gasteiger partial charge in [-0.25, -0.2) is 0 Å². The Balaban J connectivity index is 1.31. The van der Waals surface area contributed by atoms with Crippen LogP contribution in [0.25, 0.3) is 0 Å². The Morgan fingerprint density at radius 3 is 2.35 bits per heavy atom. The highest BCUT2D eigenvalue weighted by Gasteiger charge is 2.72. The monoisotopic (exact) mass is 432 g/mol. The van der Waals surface area contributed by atoms with Gasteiger partial charge in [0.25, 0.3) is 0 Å². The van der Waals surface area contributed by atoms with E-state index in [1.807, 2.05) is 0 Å². The maximum Gasteiger partial charge on any atom is 0.171 e. The lowest BCUT2D eigenvalue weighted by Crippen LogP contribution is -2.57. The molecule has 176 valence electrons. The van der Waals surface area contributed by atoms with Gasteiger partial charge < -0.3 is 19.7 Å². The zero-order chi connectivity index (χ0) is 21.8. The molecule has 0 aromatic rings. The van der Waals surface area contributed by atoms with Gasteiger partial charge in [-0.1, -0.05) is 27.7 Å². The van der Waals surface area contributed by atoms with Crippen LogP contribution in [0.2, 0.25) is 0 Å². The smallest absolute Gasteiger partial charge is 0.171 e. The van der Waals surface area contributed by atoms with Crippen molar-refractivity contribution >= 4 is 0 Å². The van der Waals surface area contributed by atoms with Gasteiger partial charge in [0, 0.05) is 18.3 Å². The lowest BCUT2D eigenvalue weighted by atomic mass is 9.44. The minimum atomic E-state index is -0.467. The summed E-state index contributed by atoms with van der Waals surface area (Å²) in [4.78, 5) is 0. The second-order valence-electron chi connectivity index (χ2n) is 13.2. The third-order valence-electron chi connectivity index (χ3n) is 11.9. The quantitative estimate of drug-likeness (QED) is 0.579. The van der Waals surface area contributed by atoms with Gasteiger partial charge >= 0.3 is 0 Å². The summed E-state index contributed by atoms with van der Waals surface area (Å²) in [6, 6.07) is 0. The number of rotatable bonds is 0. The fourth-order valence-electron chi connectivity index (χ4n) is 10.4. The average molecular weight is 433 g/mol. The summed E-state index contributed by atoms with van der Waals surface area (Å²) in [5.41, 5.74) is 0.382. The number of fused-ring (bicyclic) bond motifs is 7. The summed E-state index contributed by atoms with van der Waals surface area (Å²) in [7, 11) is 0. The van der Waals surface area contributed by atoms with E-state index in [-0.39, 0.29) is 29.1 Å². The van der Waals surface area contributed by atoms with Crippen LogP contribution in [0.15, 0.2) is 0 Å². The molecule has 0 radical (unpaired) electrons. The highest BCUT2D eigenvalue weighted by molar-refractivity contribution is 5.18. The Labute approximate surface area is 188 Å². The molecule has 6 fully saturated rings. The van der Waals surface area contributed by atoms with Gasteiger partial charge in [0.15, 0.2) is 5.79 Å². The first-order valence-corrected chi connectivity index (χ1v) is 13.4. The molecule has 4 aliphatic carbocycles. The normalized spacial score (nSPS) is 63.3. The number of aliphatic hydroxyl groups excluding tert-OH is 2. The van der Waals surface area contributed by atoms with E-state index >= 15 is 0 Å². The van der Waals surface area contributed by atoms with Crippen LogP contribution in [0.1, 0.15) is 85.5 Å². The van der Waals surface area contributed by atoms with Crippen LogP contribution in [-0.4, -0.2) is 40.9 Å². The Morgan fingerprint density at radius 2 is 1.61 bits per heavy atom. The summed E-state index contributed by atoms with van der Waals surface area (Å²) in [6.07, 6.45) is 9.68. The summed E-state index contributed by atoms with van der Waals surface area (Å²) in [6.45, 7) is 10.4. The molecule has 13 atom stereocenters. The van der Waals surface area contributed by atoms with Gasteiger partial charge in [0.2, 0.25) is 0 Å². The van der Waals surface area contributed by atoms with E-state index in [9.17, 15) is 10.2 Å². The summed E-state index contributed by atoms with van der Waals surface area (Å²) < 4.78 is 13.2. The summed E-state index contributed by atoms with van der Waals surface area (Å²) >= 11 is 0. The summed E-state index contributed by atoms with van der Waals surface area (Å²) in [5, 5.41) is 22.3. The molecule has 2 heterocycles.